The molecule has 0 aliphatic carbocycles. The van der Waals surface area contributed by atoms with E-state index in [1.54, 1.807) is 18.1 Å². The predicted molar refractivity (Wildman–Crippen MR) is 115 cm³/mol. The standard InChI is InChI=1S/C23H24FN3O2/c1-26(2)9-4-10-27-22-8-5-16(24)12-19(22)20(23(27)28)11-15-14-25-21-7-6-17(29-3)13-18(15)21/h5-8,11-14,25H,4,9-10H2,1-3H3. The predicted octanol–water partition coefficient (Wildman–Crippen LogP) is 4.15. The maximum atomic E-state index is 14.0. The van der Waals surface area contributed by atoms with E-state index < -0.39 is 0 Å². The molecule has 2 aromatic carbocycles. The lowest BCUT2D eigenvalue weighted by molar-refractivity contribution is -0.113. The summed E-state index contributed by atoms with van der Waals surface area (Å²) in [5.74, 6) is 0.297. The maximum Gasteiger partial charge on any atom is 0.258 e. The number of hydrogen-bond acceptors (Lipinski definition) is 3. The molecule has 1 aromatic heterocycles. The average Bonchev–Trinajstić information content (AvgIpc) is 3.21. The van der Waals surface area contributed by atoms with Crippen LogP contribution in [0.2, 0.25) is 0 Å². The number of H-pyrrole nitrogens is 1. The van der Waals surface area contributed by atoms with Gasteiger partial charge in [-0.25, -0.2) is 4.39 Å². The largest absolute Gasteiger partial charge is 0.497 e. The van der Waals surface area contributed by atoms with Crippen LogP contribution in [0.5, 0.6) is 5.75 Å². The highest BCUT2D eigenvalue weighted by Crippen LogP contribution is 2.39. The SMILES string of the molecule is COc1ccc2[nH]cc(C=C3C(=O)N(CCCN(C)C)c4ccc(F)cc43)c2c1. The highest BCUT2D eigenvalue weighted by molar-refractivity contribution is 6.36. The van der Waals surface area contributed by atoms with Gasteiger partial charge >= 0.3 is 0 Å². The van der Waals surface area contributed by atoms with Crippen molar-refractivity contribution in [3.05, 3.63) is 59.5 Å². The molecule has 0 saturated heterocycles. The van der Waals surface area contributed by atoms with Crippen LogP contribution in [0.1, 0.15) is 17.5 Å². The Morgan fingerprint density at radius 2 is 2.03 bits per heavy atom. The van der Waals surface area contributed by atoms with Gasteiger partial charge < -0.3 is 19.5 Å². The minimum Gasteiger partial charge on any atom is -0.497 e. The summed E-state index contributed by atoms with van der Waals surface area (Å²) in [6.07, 6.45) is 4.54. The molecule has 1 N–H and O–H groups in total. The zero-order chi connectivity index (χ0) is 20.5. The summed E-state index contributed by atoms with van der Waals surface area (Å²) < 4.78 is 19.3. The number of benzene rings is 2. The minimum atomic E-state index is -0.349. The van der Waals surface area contributed by atoms with Crippen molar-refractivity contribution in [2.45, 2.75) is 6.42 Å². The first-order valence-corrected chi connectivity index (χ1v) is 9.61. The van der Waals surface area contributed by atoms with Crippen molar-refractivity contribution in [3.63, 3.8) is 0 Å². The second-order valence-electron chi connectivity index (χ2n) is 7.49. The number of aromatic nitrogens is 1. The molecule has 0 unspecified atom stereocenters. The number of methoxy groups -OCH3 is 1. The Balaban J connectivity index is 1.75. The van der Waals surface area contributed by atoms with Crippen molar-refractivity contribution in [2.24, 2.45) is 0 Å². The number of nitrogens with zero attached hydrogens (tertiary/aromatic N) is 2. The first-order chi connectivity index (χ1) is 14.0. The molecule has 1 amide bonds. The van der Waals surface area contributed by atoms with Crippen LogP contribution in [0.25, 0.3) is 22.6 Å². The molecular formula is C23H24FN3O2. The number of halogens is 1. The lowest BCUT2D eigenvalue weighted by Crippen LogP contribution is -2.29. The molecule has 1 aliphatic heterocycles. The van der Waals surface area contributed by atoms with E-state index in [0.717, 1.165) is 40.9 Å². The van der Waals surface area contributed by atoms with Gasteiger partial charge in [-0.3, -0.25) is 4.79 Å². The fraction of sp³-hybridized carbons (Fsp3) is 0.261. The summed E-state index contributed by atoms with van der Waals surface area (Å²) in [6.45, 7) is 1.47. The molecule has 150 valence electrons. The lowest BCUT2D eigenvalue weighted by atomic mass is 10.0. The van der Waals surface area contributed by atoms with Gasteiger partial charge in [-0.15, -0.1) is 0 Å². The molecule has 0 saturated carbocycles. The summed E-state index contributed by atoms with van der Waals surface area (Å²) in [6, 6.07) is 10.3. The Kier molecular flexibility index (Phi) is 5.11. The van der Waals surface area contributed by atoms with Crippen LogP contribution in [0.3, 0.4) is 0 Å². The molecule has 29 heavy (non-hydrogen) atoms. The van der Waals surface area contributed by atoms with Crippen LogP contribution in [0.15, 0.2) is 42.6 Å². The number of carbonyl (C=O) groups excluding carboxylic acids is 1. The monoisotopic (exact) mass is 393 g/mol. The van der Waals surface area contributed by atoms with Crippen molar-refractivity contribution < 1.29 is 13.9 Å². The molecule has 2 heterocycles. The Bertz CT molecular complexity index is 1100. The molecule has 0 radical (unpaired) electrons. The normalized spacial score (nSPS) is 15.0. The molecule has 3 aromatic rings. The van der Waals surface area contributed by atoms with E-state index in [4.69, 9.17) is 4.74 Å². The van der Waals surface area contributed by atoms with Crippen LogP contribution < -0.4 is 9.64 Å². The van der Waals surface area contributed by atoms with Gasteiger partial charge in [0, 0.05) is 40.3 Å². The Morgan fingerprint density at radius 1 is 1.21 bits per heavy atom. The van der Waals surface area contributed by atoms with Crippen molar-refractivity contribution in [1.29, 1.82) is 0 Å². The zero-order valence-electron chi connectivity index (χ0n) is 16.8. The topological polar surface area (TPSA) is 48.6 Å². The lowest BCUT2D eigenvalue weighted by Gasteiger charge is -2.18. The van der Waals surface area contributed by atoms with Crippen LogP contribution in [-0.4, -0.2) is 50.1 Å². The number of aromatic amines is 1. The second-order valence-corrected chi connectivity index (χ2v) is 7.49. The van der Waals surface area contributed by atoms with Gasteiger partial charge in [0.05, 0.1) is 12.8 Å². The third-order valence-corrected chi connectivity index (χ3v) is 5.22. The summed E-state index contributed by atoms with van der Waals surface area (Å²) in [5, 5.41) is 0.952. The molecule has 4 rings (SSSR count). The van der Waals surface area contributed by atoms with Gasteiger partial charge in [-0.2, -0.15) is 0 Å². The quantitative estimate of drug-likeness (QED) is 0.640. The van der Waals surface area contributed by atoms with Gasteiger partial charge in [0.1, 0.15) is 11.6 Å². The number of anilines is 1. The first kappa shape index (κ1) is 19.2. The number of ether oxygens (including phenoxy) is 1. The highest BCUT2D eigenvalue weighted by Gasteiger charge is 2.32. The Hall–Kier alpha value is -3.12. The van der Waals surface area contributed by atoms with Crippen molar-refractivity contribution in [3.8, 4) is 5.75 Å². The van der Waals surface area contributed by atoms with E-state index in [9.17, 15) is 9.18 Å². The van der Waals surface area contributed by atoms with E-state index in [1.165, 1.54) is 12.1 Å². The zero-order valence-corrected chi connectivity index (χ0v) is 16.8. The second kappa shape index (κ2) is 7.72. The maximum absolute atomic E-state index is 14.0. The Labute approximate surface area is 169 Å². The van der Waals surface area contributed by atoms with Crippen molar-refractivity contribution in [1.82, 2.24) is 9.88 Å². The van der Waals surface area contributed by atoms with E-state index in [1.807, 2.05) is 44.6 Å². The third kappa shape index (κ3) is 3.63. The van der Waals surface area contributed by atoms with Crippen LogP contribution in [-0.2, 0) is 4.79 Å². The number of carbonyl (C=O) groups is 1. The molecule has 1 aliphatic rings. The first-order valence-electron chi connectivity index (χ1n) is 9.61. The van der Waals surface area contributed by atoms with E-state index >= 15 is 0 Å². The number of rotatable bonds is 6. The summed E-state index contributed by atoms with van der Waals surface area (Å²) >= 11 is 0. The molecule has 6 heteroatoms. The molecule has 0 bridgehead atoms. The summed E-state index contributed by atoms with van der Waals surface area (Å²) in [4.78, 5) is 20.3. The summed E-state index contributed by atoms with van der Waals surface area (Å²) in [5.41, 5.74) is 3.72. The number of amides is 1. The fourth-order valence-corrected chi connectivity index (χ4v) is 3.76. The number of nitrogens with one attached hydrogen (secondary N) is 1. The number of hydrogen-bond donors (Lipinski definition) is 1. The average molecular weight is 393 g/mol. The third-order valence-electron chi connectivity index (χ3n) is 5.22. The molecule has 5 nitrogen and oxygen atoms in total. The molecular weight excluding hydrogens is 369 g/mol. The molecule has 0 spiro atoms. The van der Waals surface area contributed by atoms with Gasteiger partial charge in [0.2, 0.25) is 0 Å². The van der Waals surface area contributed by atoms with Crippen LogP contribution in [0.4, 0.5) is 10.1 Å². The van der Waals surface area contributed by atoms with Crippen molar-refractivity contribution >= 4 is 34.1 Å². The minimum absolute atomic E-state index is 0.0957. The smallest absolute Gasteiger partial charge is 0.258 e. The summed E-state index contributed by atoms with van der Waals surface area (Å²) in [7, 11) is 5.63. The fourth-order valence-electron chi connectivity index (χ4n) is 3.76. The van der Waals surface area contributed by atoms with Crippen molar-refractivity contribution in [2.75, 3.05) is 39.2 Å². The van der Waals surface area contributed by atoms with Crippen LogP contribution >= 0.6 is 0 Å². The van der Waals surface area contributed by atoms with Gasteiger partial charge in [0.15, 0.2) is 0 Å². The van der Waals surface area contributed by atoms with Gasteiger partial charge in [-0.1, -0.05) is 0 Å². The molecule has 0 atom stereocenters. The Morgan fingerprint density at radius 3 is 2.79 bits per heavy atom. The van der Waals surface area contributed by atoms with E-state index in [2.05, 4.69) is 9.88 Å². The van der Waals surface area contributed by atoms with E-state index in [0.29, 0.717) is 17.7 Å². The van der Waals surface area contributed by atoms with Crippen LogP contribution in [0, 0.1) is 5.82 Å². The highest BCUT2D eigenvalue weighted by atomic mass is 19.1. The van der Waals surface area contributed by atoms with Gasteiger partial charge in [-0.05, 0) is 69.5 Å². The van der Waals surface area contributed by atoms with E-state index in [-0.39, 0.29) is 11.7 Å². The molecule has 0 fully saturated rings. The van der Waals surface area contributed by atoms with Gasteiger partial charge in [0.25, 0.3) is 5.91 Å². The number of fused-ring (bicyclic) bond motifs is 2.